The van der Waals surface area contributed by atoms with Crippen LogP contribution in [0, 0.1) is 0 Å². The minimum atomic E-state index is -4.43. The van der Waals surface area contributed by atoms with E-state index in [0.717, 1.165) is 6.07 Å². The Morgan fingerprint density at radius 3 is 2.68 bits per heavy atom. The van der Waals surface area contributed by atoms with Crippen LogP contribution in [-0.2, 0) is 10.9 Å². The number of benzene rings is 1. The molecule has 22 heavy (non-hydrogen) atoms. The van der Waals surface area contributed by atoms with E-state index in [1.165, 1.54) is 18.2 Å². The zero-order valence-electron chi connectivity index (χ0n) is 12.3. The molecule has 1 aromatic rings. The van der Waals surface area contributed by atoms with Gasteiger partial charge in [-0.1, -0.05) is 12.1 Å². The largest absolute Gasteiger partial charge is 0.492 e. The van der Waals surface area contributed by atoms with Gasteiger partial charge in [0.05, 0.1) is 18.3 Å². The summed E-state index contributed by atoms with van der Waals surface area (Å²) in [5, 5.41) is 9.33. The number of aliphatic hydroxyl groups excluding tert-OH is 1. The smallest absolute Gasteiger partial charge is 0.419 e. The van der Waals surface area contributed by atoms with Crippen LogP contribution in [0.25, 0.3) is 0 Å². The first kappa shape index (κ1) is 17.1. The first-order chi connectivity index (χ1) is 10.5. The van der Waals surface area contributed by atoms with Crippen molar-refractivity contribution in [1.82, 2.24) is 4.90 Å². The van der Waals surface area contributed by atoms with E-state index in [2.05, 4.69) is 0 Å². The maximum atomic E-state index is 12.9. The third-order valence-corrected chi connectivity index (χ3v) is 3.86. The summed E-state index contributed by atoms with van der Waals surface area (Å²) in [5.41, 5.74) is -0.773. The zero-order chi connectivity index (χ0) is 16.2. The number of para-hydroxylation sites is 1. The zero-order valence-corrected chi connectivity index (χ0v) is 12.3. The molecule has 1 aliphatic heterocycles. The molecule has 1 N–H and O–H groups in total. The molecule has 124 valence electrons. The van der Waals surface area contributed by atoms with Crippen molar-refractivity contribution in [2.24, 2.45) is 0 Å². The lowest BCUT2D eigenvalue weighted by atomic mass is 10.2. The Kier molecular flexibility index (Phi) is 5.66. The first-order valence-corrected chi connectivity index (χ1v) is 7.12. The predicted molar refractivity (Wildman–Crippen MR) is 74.8 cm³/mol. The average molecular weight is 319 g/mol. The maximum absolute atomic E-state index is 12.9. The summed E-state index contributed by atoms with van der Waals surface area (Å²) in [6.07, 6.45) is -3.68. The molecule has 1 saturated heterocycles. The standard InChI is InChI=1S/C15H20F3NO3/c1-21-12-8-11(10-20)19(9-12)6-7-22-14-5-3-2-4-13(14)15(16,17)18/h2-5,11-12,20H,6-10H2,1H3/t11-,12-/m0/s1. The molecule has 1 aromatic carbocycles. The van der Waals surface area contributed by atoms with E-state index < -0.39 is 11.7 Å². The molecule has 7 heteroatoms. The van der Waals surface area contributed by atoms with Crippen LogP contribution >= 0.6 is 0 Å². The van der Waals surface area contributed by atoms with Gasteiger partial charge in [-0.3, -0.25) is 4.90 Å². The molecule has 0 bridgehead atoms. The lowest BCUT2D eigenvalue weighted by Gasteiger charge is -2.22. The normalized spacial score (nSPS) is 23.0. The third-order valence-electron chi connectivity index (χ3n) is 3.86. The highest BCUT2D eigenvalue weighted by atomic mass is 19.4. The molecule has 1 aliphatic rings. The third kappa shape index (κ3) is 4.12. The van der Waals surface area contributed by atoms with Gasteiger partial charge in [0.15, 0.2) is 0 Å². The van der Waals surface area contributed by atoms with Crippen molar-refractivity contribution in [3.8, 4) is 5.75 Å². The second kappa shape index (κ2) is 7.30. The second-order valence-electron chi connectivity index (χ2n) is 5.27. The van der Waals surface area contributed by atoms with Gasteiger partial charge in [-0.05, 0) is 18.6 Å². The monoisotopic (exact) mass is 319 g/mol. The highest BCUT2D eigenvalue weighted by Crippen LogP contribution is 2.35. The van der Waals surface area contributed by atoms with Crippen molar-refractivity contribution in [3.63, 3.8) is 0 Å². The molecule has 0 spiro atoms. The van der Waals surface area contributed by atoms with Gasteiger partial charge < -0.3 is 14.6 Å². The summed E-state index contributed by atoms with van der Waals surface area (Å²) >= 11 is 0. The van der Waals surface area contributed by atoms with Crippen LogP contribution in [0.3, 0.4) is 0 Å². The average Bonchev–Trinajstić information content (AvgIpc) is 2.89. The molecular formula is C15H20F3NO3. The van der Waals surface area contributed by atoms with E-state index in [-0.39, 0.29) is 31.1 Å². The van der Waals surface area contributed by atoms with Gasteiger partial charge in [0, 0.05) is 26.2 Å². The van der Waals surface area contributed by atoms with Crippen molar-refractivity contribution in [3.05, 3.63) is 29.8 Å². The van der Waals surface area contributed by atoms with Gasteiger partial charge in [-0.2, -0.15) is 13.2 Å². The molecule has 0 aliphatic carbocycles. The Balaban J connectivity index is 1.92. The molecule has 0 amide bonds. The molecule has 0 radical (unpaired) electrons. The van der Waals surface area contributed by atoms with Gasteiger partial charge in [-0.25, -0.2) is 0 Å². The number of nitrogens with zero attached hydrogens (tertiary/aromatic N) is 1. The molecule has 1 heterocycles. The Morgan fingerprint density at radius 1 is 1.32 bits per heavy atom. The highest BCUT2D eigenvalue weighted by Gasteiger charge is 2.34. The highest BCUT2D eigenvalue weighted by molar-refractivity contribution is 5.35. The van der Waals surface area contributed by atoms with Gasteiger partial charge >= 0.3 is 6.18 Å². The van der Waals surface area contributed by atoms with E-state index in [0.29, 0.717) is 19.5 Å². The fraction of sp³-hybridized carbons (Fsp3) is 0.600. The molecular weight excluding hydrogens is 299 g/mol. The van der Waals surface area contributed by atoms with Crippen molar-refractivity contribution in [2.45, 2.75) is 24.7 Å². The Hall–Kier alpha value is -1.31. The summed E-state index contributed by atoms with van der Waals surface area (Å²) in [5.74, 6) is -0.168. The van der Waals surface area contributed by atoms with Crippen LogP contribution in [0.4, 0.5) is 13.2 Å². The quantitative estimate of drug-likeness (QED) is 0.872. The van der Waals surface area contributed by atoms with Gasteiger partial charge in [-0.15, -0.1) is 0 Å². The molecule has 0 aromatic heterocycles. The van der Waals surface area contributed by atoms with Crippen LogP contribution in [0.5, 0.6) is 5.75 Å². The van der Waals surface area contributed by atoms with Crippen molar-refractivity contribution < 1.29 is 27.8 Å². The summed E-state index contributed by atoms with van der Waals surface area (Å²) in [6.45, 7) is 1.21. The minimum absolute atomic E-state index is 0.000994. The summed E-state index contributed by atoms with van der Waals surface area (Å²) in [7, 11) is 1.61. The van der Waals surface area contributed by atoms with Crippen LogP contribution in [0.2, 0.25) is 0 Å². The van der Waals surface area contributed by atoms with E-state index in [4.69, 9.17) is 9.47 Å². The number of likely N-dealkylation sites (tertiary alicyclic amines) is 1. The second-order valence-corrected chi connectivity index (χ2v) is 5.27. The Labute approximate surface area is 127 Å². The molecule has 4 nitrogen and oxygen atoms in total. The van der Waals surface area contributed by atoms with Crippen LogP contribution in [0.1, 0.15) is 12.0 Å². The number of ether oxygens (including phenoxy) is 2. The summed E-state index contributed by atoms with van der Waals surface area (Å²) in [6, 6.07) is 5.13. The van der Waals surface area contributed by atoms with E-state index in [1.807, 2.05) is 4.90 Å². The van der Waals surface area contributed by atoms with E-state index >= 15 is 0 Å². The predicted octanol–water partition coefficient (Wildman–Crippen LogP) is 2.17. The molecule has 0 saturated carbocycles. The van der Waals surface area contributed by atoms with Crippen molar-refractivity contribution >= 4 is 0 Å². The number of alkyl halides is 3. The lowest BCUT2D eigenvalue weighted by Crippen LogP contribution is -2.35. The maximum Gasteiger partial charge on any atom is 0.419 e. The number of halogens is 3. The van der Waals surface area contributed by atoms with E-state index in [1.54, 1.807) is 7.11 Å². The SMILES string of the molecule is CO[C@H]1C[C@@H](CO)N(CCOc2ccccc2C(F)(F)F)C1. The fourth-order valence-electron chi connectivity index (χ4n) is 2.67. The number of hydrogen-bond donors (Lipinski definition) is 1. The molecule has 1 fully saturated rings. The number of methoxy groups -OCH3 is 1. The Morgan fingerprint density at radius 2 is 2.05 bits per heavy atom. The number of aliphatic hydroxyl groups is 1. The van der Waals surface area contributed by atoms with Gasteiger partial charge in [0.25, 0.3) is 0 Å². The van der Waals surface area contributed by atoms with Crippen molar-refractivity contribution in [1.29, 1.82) is 0 Å². The fourth-order valence-corrected chi connectivity index (χ4v) is 2.67. The summed E-state index contributed by atoms with van der Waals surface area (Å²) in [4.78, 5) is 1.98. The first-order valence-electron chi connectivity index (χ1n) is 7.12. The van der Waals surface area contributed by atoms with Gasteiger partial charge in [0.2, 0.25) is 0 Å². The number of hydrogen-bond acceptors (Lipinski definition) is 4. The van der Waals surface area contributed by atoms with Crippen molar-refractivity contribution in [2.75, 3.05) is 33.4 Å². The number of rotatable bonds is 6. The minimum Gasteiger partial charge on any atom is -0.492 e. The van der Waals surface area contributed by atoms with Crippen LogP contribution in [0.15, 0.2) is 24.3 Å². The Bertz CT molecular complexity index is 481. The topological polar surface area (TPSA) is 41.9 Å². The molecule has 2 rings (SSSR count). The van der Waals surface area contributed by atoms with Crippen LogP contribution in [-0.4, -0.2) is 55.6 Å². The molecule has 0 unspecified atom stereocenters. The van der Waals surface area contributed by atoms with Gasteiger partial charge in [0.1, 0.15) is 12.4 Å². The molecule has 2 atom stereocenters. The summed E-state index contributed by atoms with van der Waals surface area (Å²) < 4.78 is 49.1. The lowest BCUT2D eigenvalue weighted by molar-refractivity contribution is -0.139. The van der Waals surface area contributed by atoms with E-state index in [9.17, 15) is 18.3 Å². The van der Waals surface area contributed by atoms with Crippen LogP contribution < -0.4 is 4.74 Å².